The van der Waals surface area contributed by atoms with Gasteiger partial charge in [-0.25, -0.2) is 13.4 Å². The molecule has 1 aromatic heterocycles. The van der Waals surface area contributed by atoms with Crippen LogP contribution < -0.4 is 9.47 Å². The molecular weight excluding hydrogens is 426 g/mol. The fourth-order valence-corrected chi connectivity index (χ4v) is 5.45. The van der Waals surface area contributed by atoms with E-state index in [9.17, 15) is 13.5 Å². The smallest absolute Gasteiger partial charge is 0.187 e. The van der Waals surface area contributed by atoms with E-state index in [0.29, 0.717) is 17.1 Å². The Morgan fingerprint density at radius 1 is 0.969 bits per heavy atom. The van der Waals surface area contributed by atoms with Crippen LogP contribution in [-0.2, 0) is 16.4 Å². The van der Waals surface area contributed by atoms with Gasteiger partial charge in [0.1, 0.15) is 36.1 Å². The Labute approximate surface area is 186 Å². The normalized spacial score (nSPS) is 18.0. The Kier molecular flexibility index (Phi) is 5.28. The van der Waals surface area contributed by atoms with Gasteiger partial charge >= 0.3 is 0 Å². The highest BCUT2D eigenvalue weighted by Gasteiger charge is 2.40. The number of hydrogen-bond acceptors (Lipinski definition) is 6. The third kappa shape index (κ3) is 3.81. The van der Waals surface area contributed by atoms with Gasteiger partial charge in [0, 0.05) is 10.9 Å². The maximum Gasteiger partial charge on any atom is 0.187 e. The number of aliphatic hydroxyl groups excluding tert-OH is 1. The van der Waals surface area contributed by atoms with E-state index < -0.39 is 21.2 Å². The number of fused-ring (bicyclic) bond motifs is 2. The zero-order valence-corrected chi connectivity index (χ0v) is 17.9. The molecule has 2 unspecified atom stereocenters. The maximum absolute atomic E-state index is 13.0. The molecule has 1 aliphatic heterocycles. The summed E-state index contributed by atoms with van der Waals surface area (Å²) in [5.74, 6) is 0.951. The molecule has 32 heavy (non-hydrogen) atoms. The zero-order chi connectivity index (χ0) is 22.1. The molecule has 1 aliphatic rings. The fraction of sp³-hybridized carbons (Fsp3) is 0.160. The van der Waals surface area contributed by atoms with Crippen LogP contribution in [0.4, 0.5) is 0 Å². The van der Waals surface area contributed by atoms with Crippen LogP contribution in [-0.4, -0.2) is 30.4 Å². The standard InChI is InChI=1S/C25H21NO5S/c27-25-21-14-19(30-15-18-11-10-17-6-4-5-9-22(17)26-18)12-13-23(21)31-16-24(25)32(28,29)20-7-2-1-3-8-20/h1-14,24-25,27H,15-16H2. The van der Waals surface area contributed by atoms with Crippen LogP contribution in [0.3, 0.4) is 0 Å². The molecule has 7 heteroatoms. The topological polar surface area (TPSA) is 85.7 Å². The number of pyridine rings is 1. The molecule has 4 aromatic rings. The van der Waals surface area contributed by atoms with Crippen molar-refractivity contribution in [2.45, 2.75) is 22.9 Å². The first kappa shape index (κ1) is 20.5. The lowest BCUT2D eigenvalue weighted by Crippen LogP contribution is -2.37. The molecule has 0 saturated heterocycles. The van der Waals surface area contributed by atoms with Crippen molar-refractivity contribution in [2.75, 3.05) is 6.61 Å². The van der Waals surface area contributed by atoms with Crippen molar-refractivity contribution >= 4 is 20.7 Å². The molecule has 3 aromatic carbocycles. The quantitative estimate of drug-likeness (QED) is 0.496. The number of aromatic nitrogens is 1. The van der Waals surface area contributed by atoms with E-state index in [4.69, 9.17) is 9.47 Å². The predicted octanol–water partition coefficient (Wildman–Crippen LogP) is 4.08. The van der Waals surface area contributed by atoms with Gasteiger partial charge in [-0.15, -0.1) is 0 Å². The second kappa shape index (κ2) is 8.26. The van der Waals surface area contributed by atoms with E-state index in [-0.39, 0.29) is 18.1 Å². The Hall–Kier alpha value is -3.42. The molecule has 2 heterocycles. The van der Waals surface area contributed by atoms with Gasteiger partial charge in [-0.2, -0.15) is 0 Å². The molecule has 0 amide bonds. The molecule has 0 spiro atoms. The first-order chi connectivity index (χ1) is 15.5. The lowest BCUT2D eigenvalue weighted by atomic mass is 10.0. The van der Waals surface area contributed by atoms with Crippen molar-refractivity contribution in [3.63, 3.8) is 0 Å². The molecule has 6 nitrogen and oxygen atoms in total. The predicted molar refractivity (Wildman–Crippen MR) is 120 cm³/mol. The van der Waals surface area contributed by atoms with Gasteiger partial charge in [-0.3, -0.25) is 0 Å². The molecule has 0 radical (unpaired) electrons. The van der Waals surface area contributed by atoms with Crippen molar-refractivity contribution in [3.8, 4) is 11.5 Å². The largest absolute Gasteiger partial charge is 0.492 e. The average molecular weight is 448 g/mol. The molecule has 0 saturated carbocycles. The van der Waals surface area contributed by atoms with E-state index in [0.717, 1.165) is 16.6 Å². The van der Waals surface area contributed by atoms with E-state index >= 15 is 0 Å². The Balaban J connectivity index is 1.37. The van der Waals surface area contributed by atoms with Gasteiger partial charge < -0.3 is 14.6 Å². The molecule has 0 bridgehead atoms. The monoisotopic (exact) mass is 447 g/mol. The number of ether oxygens (including phenoxy) is 2. The number of hydrogen-bond donors (Lipinski definition) is 1. The van der Waals surface area contributed by atoms with Gasteiger partial charge in [-0.05, 0) is 42.5 Å². The lowest BCUT2D eigenvalue weighted by molar-refractivity contribution is 0.118. The first-order valence-corrected chi connectivity index (χ1v) is 11.8. The van der Waals surface area contributed by atoms with Crippen molar-refractivity contribution in [1.82, 2.24) is 4.98 Å². The second-order valence-corrected chi connectivity index (χ2v) is 9.80. The summed E-state index contributed by atoms with van der Waals surface area (Å²) in [5.41, 5.74) is 2.05. The summed E-state index contributed by atoms with van der Waals surface area (Å²) in [5, 5.41) is 10.9. The van der Waals surface area contributed by atoms with Gasteiger partial charge in [0.05, 0.1) is 16.1 Å². The molecule has 162 valence electrons. The van der Waals surface area contributed by atoms with Gasteiger partial charge in [0.2, 0.25) is 0 Å². The lowest BCUT2D eigenvalue weighted by Gasteiger charge is -2.30. The Morgan fingerprint density at radius 2 is 1.75 bits per heavy atom. The van der Waals surface area contributed by atoms with Crippen molar-refractivity contribution < 1.29 is 23.0 Å². The van der Waals surface area contributed by atoms with Crippen LogP contribution in [0.15, 0.2) is 89.8 Å². The summed E-state index contributed by atoms with van der Waals surface area (Å²) in [6, 6.07) is 24.9. The van der Waals surface area contributed by atoms with Gasteiger partial charge in [-0.1, -0.05) is 42.5 Å². The SMILES string of the molecule is O=S(=O)(c1ccccc1)C1COc2ccc(OCc3ccc4ccccc4n3)cc2C1O. The summed E-state index contributed by atoms with van der Waals surface area (Å²) in [7, 11) is -3.77. The number of rotatable bonds is 5. The Bertz CT molecular complexity index is 1370. The zero-order valence-electron chi connectivity index (χ0n) is 17.1. The number of para-hydroxylation sites is 1. The Morgan fingerprint density at radius 3 is 2.59 bits per heavy atom. The van der Waals surface area contributed by atoms with Gasteiger partial charge in [0.25, 0.3) is 0 Å². The van der Waals surface area contributed by atoms with E-state index in [2.05, 4.69) is 4.98 Å². The fourth-order valence-electron chi connectivity index (χ4n) is 3.83. The van der Waals surface area contributed by atoms with Crippen molar-refractivity contribution in [3.05, 3.63) is 96.2 Å². The number of sulfone groups is 1. The van der Waals surface area contributed by atoms with Gasteiger partial charge in [0.15, 0.2) is 9.84 Å². The minimum atomic E-state index is -3.77. The van der Waals surface area contributed by atoms with Crippen molar-refractivity contribution in [1.29, 1.82) is 0 Å². The summed E-state index contributed by atoms with van der Waals surface area (Å²) in [4.78, 5) is 4.75. The minimum Gasteiger partial charge on any atom is -0.492 e. The van der Waals surface area contributed by atoms with Crippen LogP contribution in [0.5, 0.6) is 11.5 Å². The average Bonchev–Trinajstić information content (AvgIpc) is 2.83. The number of aliphatic hydroxyl groups is 1. The van der Waals surface area contributed by atoms with Crippen LogP contribution in [0.2, 0.25) is 0 Å². The van der Waals surface area contributed by atoms with Crippen LogP contribution in [0.25, 0.3) is 10.9 Å². The third-order valence-corrected chi connectivity index (χ3v) is 7.69. The first-order valence-electron chi connectivity index (χ1n) is 10.2. The summed E-state index contributed by atoms with van der Waals surface area (Å²) in [6.45, 7) is 0.124. The number of benzene rings is 3. The van der Waals surface area contributed by atoms with Crippen molar-refractivity contribution in [2.24, 2.45) is 0 Å². The second-order valence-electron chi connectivity index (χ2n) is 7.64. The highest BCUT2D eigenvalue weighted by Crippen LogP contribution is 2.39. The molecule has 1 N–H and O–H groups in total. The molecule has 0 fully saturated rings. The third-order valence-electron chi connectivity index (χ3n) is 5.57. The van der Waals surface area contributed by atoms with E-state index in [1.807, 2.05) is 36.4 Å². The molecule has 2 atom stereocenters. The van der Waals surface area contributed by atoms with E-state index in [1.165, 1.54) is 12.1 Å². The maximum atomic E-state index is 13.0. The molecular formula is C25H21NO5S. The minimum absolute atomic E-state index is 0.118. The number of nitrogens with zero attached hydrogens (tertiary/aromatic N) is 1. The highest BCUT2D eigenvalue weighted by molar-refractivity contribution is 7.92. The van der Waals surface area contributed by atoms with E-state index in [1.54, 1.807) is 36.4 Å². The van der Waals surface area contributed by atoms with Crippen LogP contribution >= 0.6 is 0 Å². The highest BCUT2D eigenvalue weighted by atomic mass is 32.2. The summed E-state index contributed by atoms with van der Waals surface area (Å²) >= 11 is 0. The summed E-state index contributed by atoms with van der Waals surface area (Å²) in [6.07, 6.45) is -1.23. The summed E-state index contributed by atoms with van der Waals surface area (Å²) < 4.78 is 37.6. The molecule has 5 rings (SSSR count). The van der Waals surface area contributed by atoms with Crippen LogP contribution in [0, 0.1) is 0 Å². The molecule has 0 aliphatic carbocycles. The van der Waals surface area contributed by atoms with Crippen LogP contribution in [0.1, 0.15) is 17.4 Å².